The van der Waals surface area contributed by atoms with Gasteiger partial charge in [0.1, 0.15) is 5.60 Å². The van der Waals surface area contributed by atoms with Crippen LogP contribution >= 0.6 is 11.3 Å². The smallest absolute Gasteiger partial charge is 0.129 e. The van der Waals surface area contributed by atoms with Crippen LogP contribution < -0.4 is 0 Å². The summed E-state index contributed by atoms with van der Waals surface area (Å²) in [7, 11) is 0. The van der Waals surface area contributed by atoms with Crippen LogP contribution in [0.2, 0.25) is 0 Å². The van der Waals surface area contributed by atoms with E-state index in [0.29, 0.717) is 13.0 Å². The van der Waals surface area contributed by atoms with E-state index in [1.165, 1.54) is 4.88 Å². The monoisotopic (exact) mass is 212 g/mol. The van der Waals surface area contributed by atoms with E-state index >= 15 is 0 Å². The zero-order valence-electron chi connectivity index (χ0n) is 8.83. The van der Waals surface area contributed by atoms with Crippen molar-refractivity contribution in [3.63, 3.8) is 0 Å². The third kappa shape index (κ3) is 1.31. The summed E-state index contributed by atoms with van der Waals surface area (Å²) in [6.45, 7) is 6.60. The molecule has 0 radical (unpaired) electrons. The number of aliphatic hydroxyl groups is 1. The van der Waals surface area contributed by atoms with E-state index in [0.717, 1.165) is 4.88 Å². The first-order valence-electron chi connectivity index (χ1n) is 4.89. The Labute approximate surface area is 88.5 Å². The first-order valence-corrected chi connectivity index (χ1v) is 5.71. The molecule has 1 fully saturated rings. The van der Waals surface area contributed by atoms with E-state index in [4.69, 9.17) is 4.74 Å². The Morgan fingerprint density at radius 3 is 2.57 bits per heavy atom. The SMILES string of the molecule is Cc1ccc(C2(O)CCOC2(C)C)s1. The van der Waals surface area contributed by atoms with Crippen molar-refractivity contribution in [3.05, 3.63) is 21.9 Å². The Balaban J connectivity index is 2.41. The number of aryl methyl sites for hydroxylation is 1. The maximum atomic E-state index is 10.6. The number of ether oxygens (including phenoxy) is 1. The molecule has 1 aromatic heterocycles. The summed E-state index contributed by atoms with van der Waals surface area (Å²) < 4.78 is 5.58. The van der Waals surface area contributed by atoms with Gasteiger partial charge in [-0.2, -0.15) is 0 Å². The quantitative estimate of drug-likeness (QED) is 0.774. The molecule has 2 heterocycles. The predicted molar refractivity (Wildman–Crippen MR) is 57.6 cm³/mol. The van der Waals surface area contributed by atoms with Crippen molar-refractivity contribution in [3.8, 4) is 0 Å². The van der Waals surface area contributed by atoms with Gasteiger partial charge in [0.15, 0.2) is 0 Å². The highest BCUT2D eigenvalue weighted by atomic mass is 32.1. The van der Waals surface area contributed by atoms with Crippen LogP contribution in [0.25, 0.3) is 0 Å². The third-order valence-corrected chi connectivity index (χ3v) is 4.22. The van der Waals surface area contributed by atoms with Gasteiger partial charge in [-0.3, -0.25) is 0 Å². The molecule has 0 aliphatic carbocycles. The van der Waals surface area contributed by atoms with Gasteiger partial charge in [0, 0.05) is 16.2 Å². The van der Waals surface area contributed by atoms with Gasteiger partial charge in [0.2, 0.25) is 0 Å². The highest BCUT2D eigenvalue weighted by molar-refractivity contribution is 7.12. The molecule has 0 bridgehead atoms. The lowest BCUT2D eigenvalue weighted by Gasteiger charge is -2.34. The first-order chi connectivity index (χ1) is 6.46. The zero-order valence-corrected chi connectivity index (χ0v) is 9.65. The van der Waals surface area contributed by atoms with Crippen LogP contribution in [-0.2, 0) is 10.3 Å². The van der Waals surface area contributed by atoms with Gasteiger partial charge in [-0.15, -0.1) is 11.3 Å². The first kappa shape index (κ1) is 10.1. The van der Waals surface area contributed by atoms with Crippen molar-refractivity contribution in [2.24, 2.45) is 0 Å². The number of hydrogen-bond acceptors (Lipinski definition) is 3. The molecular formula is C11H16O2S. The molecule has 0 amide bonds. The van der Waals surface area contributed by atoms with E-state index in [1.54, 1.807) is 11.3 Å². The molecule has 1 aromatic rings. The van der Waals surface area contributed by atoms with Crippen LogP contribution in [-0.4, -0.2) is 17.3 Å². The van der Waals surface area contributed by atoms with Gasteiger partial charge in [-0.1, -0.05) is 0 Å². The summed E-state index contributed by atoms with van der Waals surface area (Å²) in [5, 5.41) is 10.6. The van der Waals surface area contributed by atoms with Crippen LogP contribution in [0.3, 0.4) is 0 Å². The third-order valence-electron chi connectivity index (χ3n) is 3.07. The Morgan fingerprint density at radius 1 is 1.43 bits per heavy atom. The second kappa shape index (κ2) is 3.05. The fourth-order valence-electron chi connectivity index (χ4n) is 1.95. The summed E-state index contributed by atoms with van der Waals surface area (Å²) in [5.41, 5.74) is -1.27. The molecule has 2 rings (SSSR count). The van der Waals surface area contributed by atoms with Crippen molar-refractivity contribution in [2.75, 3.05) is 6.61 Å². The Bertz CT molecular complexity index is 343. The highest BCUT2D eigenvalue weighted by Crippen LogP contribution is 2.45. The van der Waals surface area contributed by atoms with Crippen LogP contribution in [0.4, 0.5) is 0 Å². The highest BCUT2D eigenvalue weighted by Gasteiger charge is 2.50. The van der Waals surface area contributed by atoms with Gasteiger partial charge in [-0.25, -0.2) is 0 Å². The summed E-state index contributed by atoms with van der Waals surface area (Å²) >= 11 is 1.66. The number of rotatable bonds is 1. The molecule has 1 atom stereocenters. The summed E-state index contributed by atoms with van der Waals surface area (Å²) in [6.07, 6.45) is 0.694. The molecular weight excluding hydrogens is 196 g/mol. The van der Waals surface area contributed by atoms with E-state index in [2.05, 4.69) is 6.92 Å². The fourth-order valence-corrected chi connectivity index (χ4v) is 3.09. The zero-order chi connectivity index (χ0) is 10.4. The van der Waals surface area contributed by atoms with Gasteiger partial charge >= 0.3 is 0 Å². The van der Waals surface area contributed by atoms with Crippen molar-refractivity contribution >= 4 is 11.3 Å². The van der Waals surface area contributed by atoms with Gasteiger partial charge in [-0.05, 0) is 32.9 Å². The van der Waals surface area contributed by atoms with Crippen molar-refractivity contribution in [1.82, 2.24) is 0 Å². The van der Waals surface area contributed by atoms with E-state index in [-0.39, 0.29) is 0 Å². The second-order valence-corrected chi connectivity index (χ2v) is 5.67. The molecule has 0 aromatic carbocycles. The van der Waals surface area contributed by atoms with Gasteiger partial charge in [0.25, 0.3) is 0 Å². The van der Waals surface area contributed by atoms with Crippen molar-refractivity contribution in [1.29, 1.82) is 0 Å². The molecule has 1 unspecified atom stereocenters. The largest absolute Gasteiger partial charge is 0.381 e. The van der Waals surface area contributed by atoms with E-state index in [1.807, 2.05) is 26.0 Å². The lowest BCUT2D eigenvalue weighted by Crippen LogP contribution is -2.42. The second-order valence-electron chi connectivity index (χ2n) is 4.38. The Morgan fingerprint density at radius 2 is 2.14 bits per heavy atom. The minimum absolute atomic E-state index is 0.468. The maximum absolute atomic E-state index is 10.6. The molecule has 3 heteroatoms. The van der Waals surface area contributed by atoms with Gasteiger partial charge < -0.3 is 9.84 Å². The molecule has 2 nitrogen and oxygen atoms in total. The molecule has 0 spiro atoms. The van der Waals surface area contributed by atoms with Gasteiger partial charge in [0.05, 0.1) is 12.2 Å². The molecule has 14 heavy (non-hydrogen) atoms. The molecule has 1 N–H and O–H groups in total. The maximum Gasteiger partial charge on any atom is 0.129 e. The Hall–Kier alpha value is -0.380. The minimum atomic E-state index is -0.800. The average molecular weight is 212 g/mol. The molecule has 78 valence electrons. The van der Waals surface area contributed by atoms with Crippen molar-refractivity contribution < 1.29 is 9.84 Å². The molecule has 1 aliphatic heterocycles. The lowest BCUT2D eigenvalue weighted by molar-refractivity contribution is -0.100. The standard InChI is InChI=1S/C11H16O2S/c1-8-4-5-9(14-8)11(12)6-7-13-10(11,2)3/h4-5,12H,6-7H2,1-3H3. The predicted octanol–water partition coefficient (Wildman–Crippen LogP) is 2.44. The number of thiophene rings is 1. The summed E-state index contributed by atoms with van der Waals surface area (Å²) in [4.78, 5) is 2.26. The van der Waals surface area contributed by atoms with Crippen LogP contribution in [0.1, 0.15) is 30.0 Å². The normalized spacial score (nSPS) is 30.9. The lowest BCUT2D eigenvalue weighted by atomic mass is 9.84. The average Bonchev–Trinajstić information content (AvgIpc) is 2.60. The van der Waals surface area contributed by atoms with E-state index in [9.17, 15) is 5.11 Å². The fraction of sp³-hybridized carbons (Fsp3) is 0.636. The van der Waals surface area contributed by atoms with Crippen molar-refractivity contribution in [2.45, 2.75) is 38.4 Å². The molecule has 1 saturated heterocycles. The molecule has 0 saturated carbocycles. The van der Waals surface area contributed by atoms with Crippen LogP contribution in [0.5, 0.6) is 0 Å². The number of hydrogen-bond donors (Lipinski definition) is 1. The molecule has 1 aliphatic rings. The van der Waals surface area contributed by atoms with Crippen LogP contribution in [0, 0.1) is 6.92 Å². The minimum Gasteiger partial charge on any atom is -0.381 e. The topological polar surface area (TPSA) is 29.5 Å². The Kier molecular flexibility index (Phi) is 2.21. The van der Waals surface area contributed by atoms with E-state index < -0.39 is 11.2 Å². The van der Waals surface area contributed by atoms with Crippen LogP contribution in [0.15, 0.2) is 12.1 Å². The summed E-state index contributed by atoms with van der Waals surface area (Å²) in [5.74, 6) is 0. The summed E-state index contributed by atoms with van der Waals surface area (Å²) in [6, 6.07) is 4.06.